The van der Waals surface area contributed by atoms with Crippen molar-refractivity contribution in [2.45, 2.75) is 4.90 Å². The molecule has 0 unspecified atom stereocenters. The molecule has 1 rings (SSSR count). The number of benzene rings is 1. The largest absolute Gasteiger partial charge is 0.504 e. The molecule has 0 aliphatic heterocycles. The van der Waals surface area contributed by atoms with Crippen LogP contribution in [0.15, 0.2) is 17.0 Å². The van der Waals surface area contributed by atoms with Crippen molar-refractivity contribution in [3.63, 3.8) is 0 Å². The average Bonchev–Trinajstić information content (AvgIpc) is 1.95. The second-order valence-electron chi connectivity index (χ2n) is 2.14. The van der Waals surface area contributed by atoms with Gasteiger partial charge in [0.1, 0.15) is 5.82 Å². The molecule has 0 heterocycles. The fourth-order valence-corrected chi connectivity index (χ4v) is 1.38. The molecule has 7 heteroatoms. The van der Waals surface area contributed by atoms with Gasteiger partial charge in [-0.3, -0.25) is 0 Å². The molecule has 0 fully saturated rings. The van der Waals surface area contributed by atoms with Crippen LogP contribution in [-0.4, -0.2) is 13.5 Å². The first kappa shape index (κ1) is 9.85. The molecule has 1 aromatic rings. The van der Waals surface area contributed by atoms with Gasteiger partial charge in [-0.1, -0.05) is 0 Å². The van der Waals surface area contributed by atoms with E-state index in [4.69, 9.17) is 5.11 Å². The summed E-state index contributed by atoms with van der Waals surface area (Å²) in [7, 11) is -5.45. The number of halogens is 3. The molecule has 0 saturated carbocycles. The van der Waals surface area contributed by atoms with Crippen LogP contribution in [0.4, 0.5) is 12.7 Å². The molecule has 13 heavy (non-hydrogen) atoms. The maximum Gasteiger partial charge on any atom is 0.338 e. The lowest BCUT2D eigenvalue weighted by Gasteiger charge is -2.01. The smallest absolute Gasteiger partial charge is 0.338 e. The van der Waals surface area contributed by atoms with Gasteiger partial charge in [0.25, 0.3) is 0 Å². The Bertz CT molecular complexity index is 441. The minimum atomic E-state index is -5.45. The van der Waals surface area contributed by atoms with Crippen LogP contribution in [0.2, 0.25) is 0 Å². The molecule has 0 saturated heterocycles. The van der Waals surface area contributed by atoms with Gasteiger partial charge >= 0.3 is 10.2 Å². The first-order valence-electron chi connectivity index (χ1n) is 2.95. The van der Waals surface area contributed by atoms with E-state index >= 15 is 0 Å². The molecule has 3 nitrogen and oxygen atoms in total. The molecule has 1 aromatic carbocycles. The van der Waals surface area contributed by atoms with Crippen molar-refractivity contribution in [1.29, 1.82) is 0 Å². The third-order valence-electron chi connectivity index (χ3n) is 1.28. The van der Waals surface area contributed by atoms with Crippen molar-refractivity contribution in [3.8, 4) is 5.75 Å². The molecule has 1 N–H and O–H groups in total. The number of aromatic hydroxyl groups is 1. The second kappa shape index (κ2) is 2.91. The van der Waals surface area contributed by atoms with Crippen molar-refractivity contribution in [2.24, 2.45) is 0 Å². The molecule has 0 atom stereocenters. The summed E-state index contributed by atoms with van der Waals surface area (Å²) in [6, 6.07) is 0.890. The molecule has 72 valence electrons. The minimum Gasteiger partial charge on any atom is -0.504 e. The Labute approximate surface area is 71.6 Å². The van der Waals surface area contributed by atoms with Gasteiger partial charge in [0, 0.05) is 0 Å². The predicted molar refractivity (Wildman–Crippen MR) is 36.3 cm³/mol. The average molecular weight is 212 g/mol. The minimum absolute atomic E-state index is 0.404. The summed E-state index contributed by atoms with van der Waals surface area (Å²) in [6.07, 6.45) is 0. The summed E-state index contributed by atoms with van der Waals surface area (Å²) >= 11 is 0. The highest BCUT2D eigenvalue weighted by Gasteiger charge is 2.25. The van der Waals surface area contributed by atoms with Crippen LogP contribution in [0, 0.1) is 11.6 Å². The van der Waals surface area contributed by atoms with Gasteiger partial charge in [-0.2, -0.15) is 8.42 Å². The van der Waals surface area contributed by atoms with E-state index in [-0.39, 0.29) is 0 Å². The van der Waals surface area contributed by atoms with E-state index in [0.29, 0.717) is 12.1 Å². The predicted octanol–water partition coefficient (Wildman–Crippen LogP) is 1.33. The van der Waals surface area contributed by atoms with Crippen LogP contribution in [0.25, 0.3) is 0 Å². The van der Waals surface area contributed by atoms with Gasteiger partial charge in [0.05, 0.1) is 0 Å². The normalized spacial score (nSPS) is 11.6. The van der Waals surface area contributed by atoms with Crippen molar-refractivity contribution in [3.05, 3.63) is 23.8 Å². The van der Waals surface area contributed by atoms with Gasteiger partial charge in [0.15, 0.2) is 16.5 Å². The van der Waals surface area contributed by atoms with Gasteiger partial charge in [-0.05, 0) is 12.1 Å². The van der Waals surface area contributed by atoms with Crippen LogP contribution < -0.4 is 0 Å². The molecule has 0 spiro atoms. The summed E-state index contributed by atoms with van der Waals surface area (Å²) in [5, 5.41) is 8.68. The topological polar surface area (TPSA) is 54.4 Å². The van der Waals surface area contributed by atoms with Crippen LogP contribution in [0.1, 0.15) is 0 Å². The lowest BCUT2D eigenvalue weighted by atomic mass is 10.3. The van der Waals surface area contributed by atoms with E-state index in [1.165, 1.54) is 0 Å². The van der Waals surface area contributed by atoms with Gasteiger partial charge in [-0.15, -0.1) is 3.89 Å². The molecule has 0 bridgehead atoms. The maximum atomic E-state index is 12.6. The standard InChI is InChI=1S/C6H3F3O3S/c7-3-1-2-4(8)6(5(3)10)13(9,11)12/h1-2,10H. The third-order valence-corrected chi connectivity index (χ3v) is 2.15. The zero-order chi connectivity index (χ0) is 10.2. The highest BCUT2D eigenvalue weighted by molar-refractivity contribution is 7.86. The van der Waals surface area contributed by atoms with E-state index in [1.54, 1.807) is 0 Å². The SMILES string of the molecule is O=S(=O)(F)c1c(F)ccc(F)c1O. The number of phenolic OH excluding ortho intramolecular Hbond substituents is 1. The molecule has 0 aliphatic carbocycles. The van der Waals surface area contributed by atoms with Crippen LogP contribution in [0.3, 0.4) is 0 Å². The highest BCUT2D eigenvalue weighted by Crippen LogP contribution is 2.29. The van der Waals surface area contributed by atoms with Gasteiger partial charge < -0.3 is 5.11 Å². The summed E-state index contributed by atoms with van der Waals surface area (Å²) in [5.74, 6) is -4.50. The quantitative estimate of drug-likeness (QED) is 0.714. The Morgan fingerprint density at radius 1 is 1.15 bits per heavy atom. The summed E-state index contributed by atoms with van der Waals surface area (Å²) in [5.41, 5.74) is 0. The Morgan fingerprint density at radius 3 is 2.00 bits per heavy atom. The molecular formula is C6H3F3O3S. The first-order chi connectivity index (χ1) is 5.84. The fraction of sp³-hybridized carbons (Fsp3) is 0. The highest BCUT2D eigenvalue weighted by atomic mass is 32.3. The summed E-state index contributed by atoms with van der Waals surface area (Å²) in [4.78, 5) is -1.67. The van der Waals surface area contributed by atoms with E-state index < -0.39 is 32.5 Å². The lowest BCUT2D eigenvalue weighted by Crippen LogP contribution is -1.98. The number of hydrogen-bond donors (Lipinski definition) is 1. The van der Waals surface area contributed by atoms with Crippen LogP contribution in [0.5, 0.6) is 5.75 Å². The van der Waals surface area contributed by atoms with Crippen molar-refractivity contribution < 1.29 is 26.2 Å². The second-order valence-corrected chi connectivity index (χ2v) is 3.43. The van der Waals surface area contributed by atoms with Crippen LogP contribution in [-0.2, 0) is 10.2 Å². The number of hydrogen-bond acceptors (Lipinski definition) is 3. The number of phenols is 1. The first-order valence-corrected chi connectivity index (χ1v) is 4.34. The molecule has 0 aliphatic rings. The Balaban J connectivity index is 3.62. The Hall–Kier alpha value is -1.24. The zero-order valence-corrected chi connectivity index (χ0v) is 6.78. The van der Waals surface area contributed by atoms with E-state index in [9.17, 15) is 21.1 Å². The zero-order valence-electron chi connectivity index (χ0n) is 5.96. The van der Waals surface area contributed by atoms with Crippen molar-refractivity contribution >= 4 is 10.2 Å². The lowest BCUT2D eigenvalue weighted by molar-refractivity contribution is 0.402. The van der Waals surface area contributed by atoms with Gasteiger partial charge in [-0.25, -0.2) is 8.78 Å². The number of rotatable bonds is 1. The van der Waals surface area contributed by atoms with Crippen molar-refractivity contribution in [2.75, 3.05) is 0 Å². The maximum absolute atomic E-state index is 12.6. The Morgan fingerprint density at radius 2 is 1.62 bits per heavy atom. The van der Waals surface area contributed by atoms with Crippen LogP contribution >= 0.6 is 0 Å². The van der Waals surface area contributed by atoms with E-state index in [0.717, 1.165) is 0 Å². The van der Waals surface area contributed by atoms with E-state index in [1.807, 2.05) is 0 Å². The fourth-order valence-electron chi connectivity index (χ4n) is 0.754. The molecule has 0 amide bonds. The monoisotopic (exact) mass is 212 g/mol. The third kappa shape index (κ3) is 1.74. The molecular weight excluding hydrogens is 209 g/mol. The van der Waals surface area contributed by atoms with Gasteiger partial charge in [0.2, 0.25) is 0 Å². The Kier molecular flexibility index (Phi) is 2.21. The summed E-state index contributed by atoms with van der Waals surface area (Å²) in [6.45, 7) is 0. The molecule has 0 aromatic heterocycles. The summed E-state index contributed by atoms with van der Waals surface area (Å²) < 4.78 is 57.6. The van der Waals surface area contributed by atoms with E-state index in [2.05, 4.69) is 0 Å². The molecule has 0 radical (unpaired) electrons. The van der Waals surface area contributed by atoms with Crippen molar-refractivity contribution in [1.82, 2.24) is 0 Å².